The Kier molecular flexibility index (Phi) is 13.5. The molecule has 1 atom stereocenters. The van der Waals surface area contributed by atoms with Gasteiger partial charge in [0.05, 0.1) is 0 Å². The highest BCUT2D eigenvalue weighted by Gasteiger charge is 2.24. The van der Waals surface area contributed by atoms with Crippen LogP contribution in [-0.4, -0.2) is 19.9 Å². The van der Waals surface area contributed by atoms with Crippen LogP contribution in [0.1, 0.15) is 84.5 Å². The first-order valence-corrected chi connectivity index (χ1v) is 12.4. The summed E-state index contributed by atoms with van der Waals surface area (Å²) in [4.78, 5) is 0. The van der Waals surface area contributed by atoms with Gasteiger partial charge in [-0.3, -0.25) is 0 Å². The number of halogens is 1. The summed E-state index contributed by atoms with van der Waals surface area (Å²) in [5, 5.41) is 0. The standard InChI is InChI=1S/C17H37ClOSi/c1-5-7-8-9-10-11-12-13-14-15-17(6-2)19-20(3,4)16-18/h17H,5-16H2,1-4H3. The van der Waals surface area contributed by atoms with Gasteiger partial charge < -0.3 is 4.43 Å². The Hall–Kier alpha value is 0.467. The van der Waals surface area contributed by atoms with E-state index in [1.165, 1.54) is 64.2 Å². The Balaban J connectivity index is 3.47. The molecule has 1 unspecified atom stereocenters. The Bertz CT molecular complexity index is 209. The molecule has 0 aliphatic carbocycles. The topological polar surface area (TPSA) is 9.23 Å². The van der Waals surface area contributed by atoms with Crippen LogP contribution >= 0.6 is 11.6 Å². The molecule has 0 aliphatic heterocycles. The molecule has 0 N–H and O–H groups in total. The van der Waals surface area contributed by atoms with E-state index in [0.717, 1.165) is 6.42 Å². The highest BCUT2D eigenvalue weighted by Crippen LogP contribution is 2.18. The van der Waals surface area contributed by atoms with Gasteiger partial charge in [0, 0.05) is 11.6 Å². The van der Waals surface area contributed by atoms with Gasteiger partial charge >= 0.3 is 0 Å². The van der Waals surface area contributed by atoms with Crippen molar-refractivity contribution in [3.8, 4) is 0 Å². The van der Waals surface area contributed by atoms with Crippen molar-refractivity contribution in [2.75, 3.05) is 5.50 Å². The average Bonchev–Trinajstić information content (AvgIpc) is 2.44. The fourth-order valence-electron chi connectivity index (χ4n) is 2.51. The average molecular weight is 321 g/mol. The maximum Gasteiger partial charge on any atom is 0.201 e. The van der Waals surface area contributed by atoms with E-state index >= 15 is 0 Å². The summed E-state index contributed by atoms with van der Waals surface area (Å²) < 4.78 is 6.22. The number of hydrogen-bond acceptors (Lipinski definition) is 1. The van der Waals surface area contributed by atoms with E-state index in [1.54, 1.807) is 0 Å². The molecule has 3 heteroatoms. The monoisotopic (exact) mass is 320 g/mol. The first-order valence-electron chi connectivity index (χ1n) is 8.79. The van der Waals surface area contributed by atoms with Gasteiger partial charge in [0.15, 0.2) is 0 Å². The maximum absolute atomic E-state index is 6.22. The van der Waals surface area contributed by atoms with Gasteiger partial charge in [0.2, 0.25) is 8.32 Å². The zero-order valence-electron chi connectivity index (χ0n) is 14.3. The van der Waals surface area contributed by atoms with E-state index in [0.29, 0.717) is 11.6 Å². The van der Waals surface area contributed by atoms with E-state index in [1.807, 2.05) is 0 Å². The predicted octanol–water partition coefficient (Wildman–Crippen LogP) is 6.69. The molecular formula is C17H37ClOSi. The zero-order valence-corrected chi connectivity index (χ0v) is 16.1. The summed E-state index contributed by atoms with van der Waals surface area (Å²) in [6.07, 6.45) is 15.4. The van der Waals surface area contributed by atoms with Crippen molar-refractivity contribution in [2.45, 2.75) is 104 Å². The summed E-state index contributed by atoms with van der Waals surface area (Å²) in [6, 6.07) is 0. The third-order valence-corrected chi connectivity index (χ3v) is 7.44. The summed E-state index contributed by atoms with van der Waals surface area (Å²) in [5.74, 6) is 0. The highest BCUT2D eigenvalue weighted by molar-refractivity contribution is 6.77. The van der Waals surface area contributed by atoms with Gasteiger partial charge in [-0.25, -0.2) is 0 Å². The van der Waals surface area contributed by atoms with Gasteiger partial charge in [-0.1, -0.05) is 71.6 Å². The molecule has 122 valence electrons. The molecule has 0 saturated heterocycles. The third kappa shape index (κ3) is 12.2. The molecule has 1 nitrogen and oxygen atoms in total. The molecular weight excluding hydrogens is 284 g/mol. The minimum Gasteiger partial charge on any atom is -0.413 e. The molecule has 0 rings (SSSR count). The van der Waals surface area contributed by atoms with Crippen molar-refractivity contribution in [1.82, 2.24) is 0 Å². The number of alkyl halides is 1. The van der Waals surface area contributed by atoms with Gasteiger partial charge in [0.25, 0.3) is 0 Å². The highest BCUT2D eigenvalue weighted by atomic mass is 35.5. The summed E-state index contributed by atoms with van der Waals surface area (Å²) in [6.45, 7) is 8.95. The molecule has 0 aromatic carbocycles. The molecule has 0 fully saturated rings. The van der Waals surface area contributed by atoms with Crippen molar-refractivity contribution in [3.05, 3.63) is 0 Å². The van der Waals surface area contributed by atoms with Crippen LogP contribution in [0, 0.1) is 0 Å². The van der Waals surface area contributed by atoms with E-state index in [9.17, 15) is 0 Å². The minimum absolute atomic E-state index is 0.444. The van der Waals surface area contributed by atoms with Crippen LogP contribution in [0.4, 0.5) is 0 Å². The van der Waals surface area contributed by atoms with Gasteiger partial charge in [-0.05, 0) is 25.9 Å². The lowest BCUT2D eigenvalue weighted by molar-refractivity contribution is 0.174. The van der Waals surface area contributed by atoms with Crippen LogP contribution in [0.15, 0.2) is 0 Å². The lowest BCUT2D eigenvalue weighted by Gasteiger charge is -2.27. The fourth-order valence-corrected chi connectivity index (χ4v) is 3.95. The lowest BCUT2D eigenvalue weighted by atomic mass is 10.0. The first kappa shape index (κ1) is 20.5. The van der Waals surface area contributed by atoms with E-state index in [-0.39, 0.29) is 0 Å². The van der Waals surface area contributed by atoms with Gasteiger partial charge in [-0.2, -0.15) is 0 Å². The molecule has 0 amide bonds. The third-order valence-electron chi connectivity index (χ3n) is 3.89. The quantitative estimate of drug-likeness (QED) is 0.197. The second kappa shape index (κ2) is 13.2. The van der Waals surface area contributed by atoms with Gasteiger partial charge in [0.1, 0.15) is 0 Å². The van der Waals surface area contributed by atoms with Crippen LogP contribution in [-0.2, 0) is 4.43 Å². The lowest BCUT2D eigenvalue weighted by Crippen LogP contribution is -2.37. The number of rotatable bonds is 14. The SMILES string of the molecule is CCCCCCCCCCCC(CC)O[Si](C)(C)CCl. The largest absolute Gasteiger partial charge is 0.413 e. The maximum atomic E-state index is 6.22. The Morgan fingerprint density at radius 2 is 1.35 bits per heavy atom. The molecule has 0 aromatic rings. The van der Waals surface area contributed by atoms with Crippen molar-refractivity contribution in [2.24, 2.45) is 0 Å². The van der Waals surface area contributed by atoms with Crippen LogP contribution in [0.25, 0.3) is 0 Å². The van der Waals surface area contributed by atoms with Gasteiger partial charge in [-0.15, -0.1) is 11.6 Å². The van der Waals surface area contributed by atoms with E-state index < -0.39 is 8.32 Å². The Labute approximate surface area is 133 Å². The zero-order chi connectivity index (χ0) is 15.3. The molecule has 0 aliphatic rings. The predicted molar refractivity (Wildman–Crippen MR) is 95.2 cm³/mol. The molecule has 20 heavy (non-hydrogen) atoms. The number of unbranched alkanes of at least 4 members (excludes halogenated alkanes) is 8. The Morgan fingerprint density at radius 3 is 1.80 bits per heavy atom. The minimum atomic E-state index is -1.59. The summed E-state index contributed by atoms with van der Waals surface area (Å²) >= 11 is 5.99. The first-order chi connectivity index (χ1) is 9.55. The molecule has 0 heterocycles. The normalized spacial score (nSPS) is 13.7. The molecule has 0 spiro atoms. The molecule has 0 bridgehead atoms. The van der Waals surface area contributed by atoms with Crippen molar-refractivity contribution < 1.29 is 4.43 Å². The van der Waals surface area contributed by atoms with Crippen LogP contribution < -0.4 is 0 Å². The molecule has 0 aromatic heterocycles. The summed E-state index contributed by atoms with van der Waals surface area (Å²) in [7, 11) is -1.59. The van der Waals surface area contributed by atoms with E-state index in [2.05, 4.69) is 26.9 Å². The smallest absolute Gasteiger partial charge is 0.201 e. The number of hydrogen-bond donors (Lipinski definition) is 0. The van der Waals surface area contributed by atoms with Crippen LogP contribution in [0.3, 0.4) is 0 Å². The molecule has 0 radical (unpaired) electrons. The summed E-state index contributed by atoms with van der Waals surface area (Å²) in [5.41, 5.74) is 0.710. The molecule has 0 saturated carbocycles. The van der Waals surface area contributed by atoms with Crippen LogP contribution in [0.5, 0.6) is 0 Å². The second-order valence-corrected chi connectivity index (χ2v) is 11.5. The van der Waals surface area contributed by atoms with E-state index in [4.69, 9.17) is 16.0 Å². The van der Waals surface area contributed by atoms with Crippen molar-refractivity contribution in [3.63, 3.8) is 0 Å². The van der Waals surface area contributed by atoms with Crippen molar-refractivity contribution >= 4 is 19.9 Å². The fraction of sp³-hybridized carbons (Fsp3) is 1.00. The Morgan fingerprint density at radius 1 is 0.850 bits per heavy atom. The second-order valence-electron chi connectivity index (χ2n) is 6.66. The van der Waals surface area contributed by atoms with Crippen molar-refractivity contribution in [1.29, 1.82) is 0 Å². The van der Waals surface area contributed by atoms with Crippen LogP contribution in [0.2, 0.25) is 13.1 Å².